The molecule has 3 aromatic rings. The van der Waals surface area contributed by atoms with Crippen molar-refractivity contribution in [3.05, 3.63) is 83.2 Å². The first kappa shape index (κ1) is 16.7. The van der Waals surface area contributed by atoms with Crippen molar-refractivity contribution in [2.24, 2.45) is 7.05 Å². The standard InChI is InChI=1S/C17H13F3N4O/c1-24-9-11(7-22-24)15(10-2-4-12(18)5-3-10)23-17(25)16-14(20)6-13(19)8-21-16/h2-9,15H,1H3,(H,23,25). The van der Waals surface area contributed by atoms with Crippen molar-refractivity contribution in [3.8, 4) is 0 Å². The van der Waals surface area contributed by atoms with Crippen LogP contribution in [-0.2, 0) is 7.05 Å². The van der Waals surface area contributed by atoms with Gasteiger partial charge in [-0.05, 0) is 17.7 Å². The Morgan fingerprint density at radius 1 is 1.08 bits per heavy atom. The van der Waals surface area contributed by atoms with Crippen LogP contribution >= 0.6 is 0 Å². The fraction of sp³-hybridized carbons (Fsp3) is 0.118. The van der Waals surface area contributed by atoms with Crippen molar-refractivity contribution in [3.63, 3.8) is 0 Å². The molecular formula is C17H13F3N4O. The zero-order valence-electron chi connectivity index (χ0n) is 13.1. The fourth-order valence-electron chi connectivity index (χ4n) is 2.38. The third kappa shape index (κ3) is 3.68. The van der Waals surface area contributed by atoms with Crippen molar-refractivity contribution in [1.82, 2.24) is 20.1 Å². The minimum atomic E-state index is -1.07. The van der Waals surface area contributed by atoms with Crippen LogP contribution < -0.4 is 5.32 Å². The van der Waals surface area contributed by atoms with Crippen LogP contribution in [0.2, 0.25) is 0 Å². The lowest BCUT2D eigenvalue weighted by molar-refractivity contribution is 0.0933. The minimum absolute atomic E-state index is 0.425. The van der Waals surface area contributed by atoms with Gasteiger partial charge in [-0.2, -0.15) is 5.10 Å². The number of hydrogen-bond acceptors (Lipinski definition) is 3. The van der Waals surface area contributed by atoms with E-state index in [9.17, 15) is 18.0 Å². The molecule has 8 heteroatoms. The molecule has 1 amide bonds. The molecule has 1 N–H and O–H groups in total. The number of benzene rings is 1. The maximum Gasteiger partial charge on any atom is 0.273 e. The maximum absolute atomic E-state index is 13.8. The molecular weight excluding hydrogens is 333 g/mol. The van der Waals surface area contributed by atoms with E-state index in [1.54, 1.807) is 13.2 Å². The number of carbonyl (C=O) groups is 1. The summed E-state index contributed by atoms with van der Waals surface area (Å²) in [6.07, 6.45) is 3.96. The summed E-state index contributed by atoms with van der Waals surface area (Å²) in [5.74, 6) is -3.19. The van der Waals surface area contributed by atoms with Crippen LogP contribution in [0, 0.1) is 17.5 Å². The minimum Gasteiger partial charge on any atom is -0.340 e. The van der Waals surface area contributed by atoms with Crippen LogP contribution in [0.3, 0.4) is 0 Å². The lowest BCUT2D eigenvalue weighted by Crippen LogP contribution is -2.30. The molecule has 25 heavy (non-hydrogen) atoms. The van der Waals surface area contributed by atoms with Crippen molar-refractivity contribution in [2.45, 2.75) is 6.04 Å². The van der Waals surface area contributed by atoms with Crippen LogP contribution in [0.25, 0.3) is 0 Å². The number of aryl methyl sites for hydroxylation is 1. The van der Waals surface area contributed by atoms with E-state index < -0.39 is 35.1 Å². The molecule has 5 nitrogen and oxygen atoms in total. The van der Waals surface area contributed by atoms with Crippen molar-refractivity contribution < 1.29 is 18.0 Å². The molecule has 0 aliphatic carbocycles. The molecule has 0 spiro atoms. The Hall–Kier alpha value is -3.16. The van der Waals surface area contributed by atoms with Gasteiger partial charge in [-0.1, -0.05) is 12.1 Å². The van der Waals surface area contributed by atoms with E-state index in [-0.39, 0.29) is 0 Å². The molecule has 2 heterocycles. The summed E-state index contributed by atoms with van der Waals surface area (Å²) >= 11 is 0. The number of pyridine rings is 1. The molecule has 1 atom stereocenters. The number of hydrogen-bond donors (Lipinski definition) is 1. The van der Waals surface area contributed by atoms with Gasteiger partial charge in [0.1, 0.15) is 11.6 Å². The van der Waals surface area contributed by atoms with E-state index in [2.05, 4.69) is 15.4 Å². The molecule has 1 unspecified atom stereocenters. The maximum atomic E-state index is 13.8. The largest absolute Gasteiger partial charge is 0.340 e. The van der Waals surface area contributed by atoms with Gasteiger partial charge < -0.3 is 5.32 Å². The number of nitrogens with one attached hydrogen (secondary N) is 1. The van der Waals surface area contributed by atoms with Crippen LogP contribution in [0.5, 0.6) is 0 Å². The lowest BCUT2D eigenvalue weighted by atomic mass is 10.0. The van der Waals surface area contributed by atoms with E-state index in [0.717, 1.165) is 6.20 Å². The highest BCUT2D eigenvalue weighted by Gasteiger charge is 2.22. The summed E-state index contributed by atoms with van der Waals surface area (Å²) in [4.78, 5) is 15.9. The van der Waals surface area contributed by atoms with Gasteiger partial charge in [-0.25, -0.2) is 18.2 Å². The SMILES string of the molecule is Cn1cc(C(NC(=O)c2ncc(F)cc2F)c2ccc(F)cc2)cn1. The van der Waals surface area contributed by atoms with Gasteiger partial charge in [0, 0.05) is 24.9 Å². The summed E-state index contributed by atoms with van der Waals surface area (Å²) < 4.78 is 41.5. The first-order valence-electron chi connectivity index (χ1n) is 7.30. The van der Waals surface area contributed by atoms with Gasteiger partial charge >= 0.3 is 0 Å². The van der Waals surface area contributed by atoms with E-state index >= 15 is 0 Å². The molecule has 0 aliphatic rings. The second-order valence-corrected chi connectivity index (χ2v) is 5.39. The Morgan fingerprint density at radius 3 is 2.40 bits per heavy atom. The Morgan fingerprint density at radius 2 is 1.80 bits per heavy atom. The van der Waals surface area contributed by atoms with E-state index in [1.165, 1.54) is 35.1 Å². The molecule has 3 rings (SSSR count). The Labute approximate surface area is 141 Å². The zero-order chi connectivity index (χ0) is 18.0. The monoisotopic (exact) mass is 346 g/mol. The quantitative estimate of drug-likeness (QED) is 0.790. The highest BCUT2D eigenvalue weighted by Crippen LogP contribution is 2.22. The Bertz CT molecular complexity index is 909. The molecule has 0 saturated heterocycles. The zero-order valence-corrected chi connectivity index (χ0v) is 13.1. The van der Waals surface area contributed by atoms with Gasteiger partial charge in [0.15, 0.2) is 11.5 Å². The normalized spacial score (nSPS) is 12.0. The number of halogens is 3. The van der Waals surface area contributed by atoms with Crippen LogP contribution in [0.15, 0.2) is 48.9 Å². The Kier molecular flexibility index (Phi) is 4.51. The summed E-state index contributed by atoms with van der Waals surface area (Å²) in [6, 6.07) is 5.39. The van der Waals surface area contributed by atoms with Crippen LogP contribution in [-0.4, -0.2) is 20.7 Å². The molecule has 0 fully saturated rings. The number of nitrogens with zero attached hydrogens (tertiary/aromatic N) is 3. The average molecular weight is 346 g/mol. The van der Waals surface area contributed by atoms with Gasteiger partial charge in [0.2, 0.25) is 0 Å². The summed E-state index contributed by atoms with van der Waals surface area (Å²) in [6.45, 7) is 0. The number of carbonyl (C=O) groups excluding carboxylic acids is 1. The molecule has 0 radical (unpaired) electrons. The second-order valence-electron chi connectivity index (χ2n) is 5.39. The number of rotatable bonds is 4. The molecule has 1 aromatic carbocycles. The van der Waals surface area contributed by atoms with Gasteiger partial charge in [-0.15, -0.1) is 0 Å². The first-order chi connectivity index (χ1) is 11.9. The summed E-state index contributed by atoms with van der Waals surface area (Å²) in [5.41, 5.74) is 0.660. The predicted octanol–water partition coefficient (Wildman–Crippen LogP) is 2.75. The van der Waals surface area contributed by atoms with Crippen LogP contribution in [0.4, 0.5) is 13.2 Å². The Balaban J connectivity index is 1.94. The van der Waals surface area contributed by atoms with Gasteiger partial charge in [-0.3, -0.25) is 9.48 Å². The topological polar surface area (TPSA) is 59.8 Å². The third-order valence-corrected chi connectivity index (χ3v) is 3.56. The lowest BCUT2D eigenvalue weighted by Gasteiger charge is -2.18. The van der Waals surface area contributed by atoms with E-state index in [0.29, 0.717) is 17.2 Å². The summed E-state index contributed by atoms with van der Waals surface area (Å²) in [7, 11) is 1.70. The first-order valence-corrected chi connectivity index (χ1v) is 7.30. The van der Waals surface area contributed by atoms with Crippen LogP contribution in [0.1, 0.15) is 27.7 Å². The smallest absolute Gasteiger partial charge is 0.273 e. The molecule has 0 aliphatic heterocycles. The summed E-state index contributed by atoms with van der Waals surface area (Å²) in [5, 5.41) is 6.66. The highest BCUT2D eigenvalue weighted by atomic mass is 19.1. The third-order valence-electron chi connectivity index (χ3n) is 3.56. The van der Waals surface area contributed by atoms with Crippen molar-refractivity contribution >= 4 is 5.91 Å². The average Bonchev–Trinajstić information content (AvgIpc) is 2.99. The van der Waals surface area contributed by atoms with E-state index in [4.69, 9.17) is 0 Å². The van der Waals surface area contributed by atoms with Gasteiger partial charge in [0.25, 0.3) is 5.91 Å². The molecule has 0 bridgehead atoms. The highest BCUT2D eigenvalue weighted by molar-refractivity contribution is 5.93. The molecule has 128 valence electrons. The number of amides is 1. The van der Waals surface area contributed by atoms with Crippen molar-refractivity contribution in [2.75, 3.05) is 0 Å². The number of aromatic nitrogens is 3. The van der Waals surface area contributed by atoms with Gasteiger partial charge in [0.05, 0.1) is 18.4 Å². The predicted molar refractivity (Wildman–Crippen MR) is 83.1 cm³/mol. The van der Waals surface area contributed by atoms with Crippen molar-refractivity contribution in [1.29, 1.82) is 0 Å². The fourth-order valence-corrected chi connectivity index (χ4v) is 2.38. The molecule has 0 saturated carbocycles. The van der Waals surface area contributed by atoms with E-state index in [1.807, 2.05) is 0 Å². The second kappa shape index (κ2) is 6.76. The molecule has 2 aromatic heterocycles.